The number of aromatic amines is 1. The van der Waals surface area contributed by atoms with Crippen molar-refractivity contribution in [1.82, 2.24) is 20.5 Å². The van der Waals surface area contributed by atoms with Crippen LogP contribution in [0, 0.1) is 5.92 Å². The molecule has 4 aliphatic rings. The topological polar surface area (TPSA) is 165 Å². The summed E-state index contributed by atoms with van der Waals surface area (Å²) in [6, 6.07) is 2.87. The third-order valence-corrected chi connectivity index (χ3v) is 10.8. The molecule has 1 aromatic heterocycles. The molecule has 6 rings (SSSR count). The van der Waals surface area contributed by atoms with Gasteiger partial charge in [-0.3, -0.25) is 14.4 Å². The SMILES string of the molecule is COC(=O)[C@@]12C[C@@H]1/C=C\CCCCC[C@H](NC(=O)OC1CCCC1)C(=O)N1C[C@H](Oc3cc(=O)[nH]c4c(Br)c(OC)ccc34)C[C@H]1C(=O)N2. The quantitative estimate of drug-likeness (QED) is 0.290. The smallest absolute Gasteiger partial charge is 0.408 e. The molecule has 0 spiro atoms. The van der Waals surface area contributed by atoms with Crippen LogP contribution in [-0.2, 0) is 23.9 Å². The molecule has 0 unspecified atom stereocenters. The zero-order valence-electron chi connectivity index (χ0n) is 27.8. The summed E-state index contributed by atoms with van der Waals surface area (Å²) in [4.78, 5) is 71.4. The van der Waals surface area contributed by atoms with Gasteiger partial charge < -0.3 is 39.5 Å². The van der Waals surface area contributed by atoms with Crippen molar-refractivity contribution in [2.45, 2.75) is 100 Å². The zero-order chi connectivity index (χ0) is 34.7. The van der Waals surface area contributed by atoms with Crippen molar-refractivity contribution in [2.24, 2.45) is 5.92 Å². The molecule has 1 aromatic carbocycles. The van der Waals surface area contributed by atoms with Crippen LogP contribution in [-0.4, -0.2) is 84.4 Å². The molecule has 3 amide bonds. The second-order valence-corrected chi connectivity index (χ2v) is 14.1. The zero-order valence-corrected chi connectivity index (χ0v) is 29.3. The molecule has 5 atom stereocenters. The van der Waals surface area contributed by atoms with Crippen LogP contribution >= 0.6 is 15.9 Å². The van der Waals surface area contributed by atoms with Gasteiger partial charge >= 0.3 is 12.1 Å². The number of hydrogen-bond donors (Lipinski definition) is 3. The third kappa shape index (κ3) is 7.43. The number of allylic oxidation sites excluding steroid dienone is 1. The second kappa shape index (κ2) is 14.8. The van der Waals surface area contributed by atoms with Gasteiger partial charge in [-0.2, -0.15) is 0 Å². The maximum Gasteiger partial charge on any atom is 0.408 e. The summed E-state index contributed by atoms with van der Waals surface area (Å²) in [6.45, 7) is 0.00689. The van der Waals surface area contributed by atoms with E-state index in [1.54, 1.807) is 12.1 Å². The summed E-state index contributed by atoms with van der Waals surface area (Å²) in [7, 11) is 2.81. The fourth-order valence-corrected chi connectivity index (χ4v) is 7.93. The number of H-pyrrole nitrogens is 1. The average Bonchev–Trinajstić information content (AvgIpc) is 3.37. The number of ether oxygens (including phenoxy) is 4. The molecule has 2 aliphatic heterocycles. The number of pyridine rings is 1. The number of nitrogens with zero attached hydrogens (tertiary/aromatic N) is 1. The molecule has 3 N–H and O–H groups in total. The minimum atomic E-state index is -1.23. The van der Waals surface area contributed by atoms with Gasteiger partial charge in [0.05, 0.1) is 30.8 Å². The lowest BCUT2D eigenvalue weighted by Crippen LogP contribution is -2.56. The third-order valence-electron chi connectivity index (χ3n) is 10.1. The van der Waals surface area contributed by atoms with Crippen LogP contribution in [0.3, 0.4) is 0 Å². The van der Waals surface area contributed by atoms with Crippen LogP contribution in [0.2, 0.25) is 0 Å². The van der Waals surface area contributed by atoms with Crippen LogP contribution in [0.4, 0.5) is 4.79 Å². The molecule has 14 heteroatoms. The predicted molar refractivity (Wildman–Crippen MR) is 182 cm³/mol. The number of methoxy groups -OCH3 is 2. The Balaban J connectivity index is 1.30. The number of nitrogens with one attached hydrogen (secondary N) is 3. The number of esters is 1. The van der Waals surface area contributed by atoms with Gasteiger partial charge in [0.1, 0.15) is 41.3 Å². The maximum absolute atomic E-state index is 14.4. The normalized spacial score (nSPS) is 28.3. The first-order chi connectivity index (χ1) is 23.6. The first-order valence-corrected chi connectivity index (χ1v) is 17.8. The highest BCUT2D eigenvalue weighted by molar-refractivity contribution is 9.10. The van der Waals surface area contributed by atoms with E-state index in [1.165, 1.54) is 25.2 Å². The maximum atomic E-state index is 14.4. The molecule has 0 radical (unpaired) electrons. The second-order valence-electron chi connectivity index (χ2n) is 13.3. The van der Waals surface area contributed by atoms with Crippen LogP contribution in [0.5, 0.6) is 11.5 Å². The Hall–Kier alpha value is -4.07. The van der Waals surface area contributed by atoms with E-state index in [0.29, 0.717) is 40.4 Å². The molecule has 49 heavy (non-hydrogen) atoms. The summed E-state index contributed by atoms with van der Waals surface area (Å²) in [5.74, 6) is -0.947. The van der Waals surface area contributed by atoms with Crippen LogP contribution < -0.4 is 25.7 Å². The lowest BCUT2D eigenvalue weighted by molar-refractivity contribution is -0.148. The Morgan fingerprint density at radius 2 is 1.78 bits per heavy atom. The number of fused-ring (bicyclic) bond motifs is 3. The van der Waals surface area contributed by atoms with E-state index in [-0.39, 0.29) is 30.7 Å². The van der Waals surface area contributed by atoms with Gasteiger partial charge in [-0.1, -0.05) is 25.0 Å². The average molecular weight is 744 g/mol. The molecular formula is C35H43BrN4O9. The van der Waals surface area contributed by atoms with Gasteiger partial charge in [0.15, 0.2) is 0 Å². The van der Waals surface area contributed by atoms with Crippen LogP contribution in [0.25, 0.3) is 10.9 Å². The van der Waals surface area contributed by atoms with E-state index in [1.807, 2.05) is 12.2 Å². The molecule has 1 saturated heterocycles. The number of amides is 3. The van der Waals surface area contributed by atoms with Gasteiger partial charge in [0.25, 0.3) is 5.56 Å². The number of benzene rings is 1. The molecule has 0 bridgehead atoms. The van der Waals surface area contributed by atoms with Crippen molar-refractivity contribution in [3.63, 3.8) is 0 Å². The lowest BCUT2D eigenvalue weighted by atomic mass is 10.0. The molecule has 2 aromatic rings. The van der Waals surface area contributed by atoms with Gasteiger partial charge in [0.2, 0.25) is 11.8 Å². The Bertz CT molecular complexity index is 1690. The fourth-order valence-electron chi connectivity index (χ4n) is 7.32. The Morgan fingerprint density at radius 3 is 2.53 bits per heavy atom. The summed E-state index contributed by atoms with van der Waals surface area (Å²) in [5, 5.41) is 6.33. The van der Waals surface area contributed by atoms with E-state index in [9.17, 15) is 24.0 Å². The Labute approximate surface area is 292 Å². The highest BCUT2D eigenvalue weighted by Crippen LogP contribution is 2.46. The number of halogens is 1. The number of rotatable bonds is 6. The molecule has 2 aliphatic carbocycles. The summed E-state index contributed by atoms with van der Waals surface area (Å²) < 4.78 is 23.1. The molecule has 3 fully saturated rings. The Morgan fingerprint density at radius 1 is 1.00 bits per heavy atom. The van der Waals surface area contributed by atoms with Gasteiger partial charge in [-0.15, -0.1) is 0 Å². The highest BCUT2D eigenvalue weighted by Gasteiger charge is 2.62. The molecule has 13 nitrogen and oxygen atoms in total. The van der Waals surface area contributed by atoms with Crippen LogP contribution in [0.1, 0.15) is 70.6 Å². The number of carbonyl (C=O) groups excluding carboxylic acids is 4. The van der Waals surface area contributed by atoms with Crippen molar-refractivity contribution in [1.29, 1.82) is 0 Å². The molecule has 2 saturated carbocycles. The fraction of sp³-hybridized carbons (Fsp3) is 0.571. The lowest BCUT2D eigenvalue weighted by Gasteiger charge is -2.29. The van der Waals surface area contributed by atoms with Crippen molar-refractivity contribution >= 4 is 50.7 Å². The number of carbonyl (C=O) groups is 4. The van der Waals surface area contributed by atoms with Crippen molar-refractivity contribution in [2.75, 3.05) is 20.8 Å². The van der Waals surface area contributed by atoms with Gasteiger partial charge in [0, 0.05) is 23.8 Å². The van der Waals surface area contributed by atoms with Gasteiger partial charge in [-0.25, -0.2) is 9.59 Å². The monoisotopic (exact) mass is 742 g/mol. The van der Waals surface area contributed by atoms with E-state index in [4.69, 9.17) is 18.9 Å². The molecular weight excluding hydrogens is 700 g/mol. The standard InChI is InChI=1S/C35H43BrN4O9/c1-46-26-15-14-23-27(17-28(41)38-30(23)29(26)36)48-22-16-25-31(42)39-35(33(44)47-2)18-20(35)10-6-4-3-5-7-13-24(32(43)40(25)19-22)37-34(45)49-21-11-8-9-12-21/h6,10,14-15,17,20-22,24-25H,3-5,7-9,11-13,16,18-19H2,1-2H3,(H,37,45)(H,38,41)(H,39,42)/b10-6-/t20-,22+,24-,25-,35+/m0/s1. The minimum Gasteiger partial charge on any atom is -0.495 e. The molecule has 3 heterocycles. The van der Waals surface area contributed by atoms with Gasteiger partial charge in [-0.05, 0) is 79.4 Å². The van der Waals surface area contributed by atoms with E-state index >= 15 is 0 Å². The number of alkyl carbamates (subject to hydrolysis) is 1. The van der Waals surface area contributed by atoms with Crippen molar-refractivity contribution < 1.29 is 38.1 Å². The van der Waals surface area contributed by atoms with Crippen molar-refractivity contribution in [3.05, 3.63) is 45.2 Å². The summed E-state index contributed by atoms with van der Waals surface area (Å²) in [6.07, 6.45) is 9.97. The van der Waals surface area contributed by atoms with Crippen LogP contribution in [0.15, 0.2) is 39.6 Å². The summed E-state index contributed by atoms with van der Waals surface area (Å²) >= 11 is 3.49. The molecule has 264 valence electrons. The highest BCUT2D eigenvalue weighted by atomic mass is 79.9. The van der Waals surface area contributed by atoms with Crippen molar-refractivity contribution in [3.8, 4) is 11.5 Å². The number of aromatic nitrogens is 1. The van der Waals surface area contributed by atoms with E-state index < -0.39 is 53.2 Å². The van der Waals surface area contributed by atoms with E-state index in [0.717, 1.165) is 44.9 Å². The minimum absolute atomic E-state index is 0.00689. The summed E-state index contributed by atoms with van der Waals surface area (Å²) in [5.41, 5.74) is -1.16. The first kappa shape index (κ1) is 34.8. The van der Waals surface area contributed by atoms with E-state index in [2.05, 4.69) is 31.5 Å². The largest absolute Gasteiger partial charge is 0.495 e. The number of hydrogen-bond acceptors (Lipinski definition) is 9. The first-order valence-electron chi connectivity index (χ1n) is 17.0. The predicted octanol–water partition coefficient (Wildman–Crippen LogP) is 4.25. The Kier molecular flexibility index (Phi) is 10.5.